The smallest absolute Gasteiger partial charge is 0.304 e. The van der Waals surface area contributed by atoms with Crippen molar-refractivity contribution in [3.63, 3.8) is 0 Å². The number of carbonyl (C=O) groups is 1. The van der Waals surface area contributed by atoms with E-state index in [1.54, 1.807) is 0 Å². The molecule has 0 saturated heterocycles. The van der Waals surface area contributed by atoms with E-state index in [0.717, 1.165) is 12.5 Å². The number of hydrogen-bond acceptors (Lipinski definition) is 1. The molecule has 1 fully saturated rings. The maximum Gasteiger partial charge on any atom is 0.304 e. The molecule has 2 aromatic rings. The predicted molar refractivity (Wildman–Crippen MR) is 79.9 cm³/mol. The summed E-state index contributed by atoms with van der Waals surface area (Å²) in [5.41, 5.74) is 2.41. The molecule has 1 heterocycles. The molecule has 1 aliphatic rings. The van der Waals surface area contributed by atoms with E-state index in [1.807, 2.05) is 13.0 Å². The van der Waals surface area contributed by atoms with Crippen LogP contribution in [0.25, 0.3) is 10.9 Å². The molecule has 0 bridgehead atoms. The van der Waals surface area contributed by atoms with E-state index < -0.39 is 5.97 Å². The Labute approximate surface area is 119 Å². The Bertz CT molecular complexity index is 625. The molecule has 3 nitrogen and oxygen atoms in total. The van der Waals surface area contributed by atoms with Crippen LogP contribution in [0.1, 0.15) is 44.2 Å². The van der Waals surface area contributed by atoms with Crippen molar-refractivity contribution in [3.8, 4) is 0 Å². The molecule has 106 valence electrons. The maximum atomic E-state index is 11.0. The second-order valence-electron chi connectivity index (χ2n) is 6.03. The third-order valence-electron chi connectivity index (χ3n) is 4.49. The van der Waals surface area contributed by atoms with Gasteiger partial charge in [-0.1, -0.05) is 31.5 Å². The van der Waals surface area contributed by atoms with Crippen LogP contribution in [-0.4, -0.2) is 15.6 Å². The van der Waals surface area contributed by atoms with E-state index in [2.05, 4.69) is 28.8 Å². The second kappa shape index (κ2) is 5.31. The molecule has 1 aromatic heterocycles. The average Bonchev–Trinajstić information content (AvgIpc) is 2.72. The fraction of sp³-hybridized carbons (Fsp3) is 0.471. The number of nitrogens with zero attached hydrogens (tertiary/aromatic N) is 1. The fourth-order valence-electron chi connectivity index (χ4n) is 3.14. The summed E-state index contributed by atoms with van der Waals surface area (Å²) in [7, 11) is 0. The molecule has 1 unspecified atom stereocenters. The molecule has 20 heavy (non-hydrogen) atoms. The van der Waals surface area contributed by atoms with E-state index in [1.165, 1.54) is 35.9 Å². The highest BCUT2D eigenvalue weighted by atomic mass is 16.4. The van der Waals surface area contributed by atoms with E-state index in [4.69, 9.17) is 5.11 Å². The van der Waals surface area contributed by atoms with Gasteiger partial charge in [0.1, 0.15) is 0 Å². The lowest BCUT2D eigenvalue weighted by atomic mass is 9.85. The number of para-hydroxylation sites is 1. The van der Waals surface area contributed by atoms with Gasteiger partial charge in [0.2, 0.25) is 0 Å². The first-order valence-electron chi connectivity index (χ1n) is 7.45. The summed E-state index contributed by atoms with van der Waals surface area (Å²) in [6.07, 6.45) is 4.14. The van der Waals surface area contributed by atoms with Gasteiger partial charge in [0.15, 0.2) is 0 Å². The van der Waals surface area contributed by atoms with Gasteiger partial charge in [-0.3, -0.25) is 4.79 Å². The number of carboxylic acid groups (broad SMARTS) is 1. The first kappa shape index (κ1) is 13.2. The zero-order valence-electron chi connectivity index (χ0n) is 11.9. The minimum Gasteiger partial charge on any atom is -0.481 e. The van der Waals surface area contributed by atoms with Crippen molar-refractivity contribution >= 4 is 16.9 Å². The first-order valence-corrected chi connectivity index (χ1v) is 7.45. The summed E-state index contributed by atoms with van der Waals surface area (Å²) in [5, 5.41) is 10.3. The lowest BCUT2D eigenvalue weighted by Gasteiger charge is -2.28. The Kier molecular flexibility index (Phi) is 3.51. The summed E-state index contributed by atoms with van der Waals surface area (Å²) in [6, 6.07) is 10.5. The van der Waals surface area contributed by atoms with Crippen LogP contribution in [0.3, 0.4) is 0 Å². The highest BCUT2D eigenvalue weighted by Gasteiger charge is 2.22. The number of aliphatic carboxylic acids is 1. The minimum atomic E-state index is -0.724. The Morgan fingerprint density at radius 1 is 1.40 bits per heavy atom. The van der Waals surface area contributed by atoms with Crippen LogP contribution in [0.4, 0.5) is 0 Å². The van der Waals surface area contributed by atoms with Crippen molar-refractivity contribution < 1.29 is 9.90 Å². The van der Waals surface area contributed by atoms with Crippen LogP contribution in [0.5, 0.6) is 0 Å². The van der Waals surface area contributed by atoms with Gasteiger partial charge < -0.3 is 9.67 Å². The van der Waals surface area contributed by atoms with Crippen molar-refractivity contribution in [2.24, 2.45) is 5.92 Å². The molecule has 1 aliphatic carbocycles. The minimum absolute atomic E-state index is 0.0555. The normalized spacial score (nSPS) is 17.1. The van der Waals surface area contributed by atoms with E-state index >= 15 is 0 Å². The fourth-order valence-corrected chi connectivity index (χ4v) is 3.14. The van der Waals surface area contributed by atoms with Crippen molar-refractivity contribution in [2.45, 2.75) is 45.1 Å². The zero-order chi connectivity index (χ0) is 14.1. The SMILES string of the molecule is CC(CC(=O)O)c1cc2ccccc2n1CC1CCC1. The molecule has 0 spiro atoms. The standard InChI is InChI=1S/C17H21NO2/c1-12(9-17(19)20)16-10-14-7-2-3-8-15(14)18(16)11-13-5-4-6-13/h2-3,7-8,10,12-13H,4-6,9,11H2,1H3,(H,19,20). The number of rotatable bonds is 5. The van der Waals surface area contributed by atoms with Crippen LogP contribution in [0.2, 0.25) is 0 Å². The molecule has 1 saturated carbocycles. The van der Waals surface area contributed by atoms with Crippen molar-refractivity contribution in [3.05, 3.63) is 36.0 Å². The molecule has 0 amide bonds. The summed E-state index contributed by atoms with van der Waals surface area (Å²) < 4.78 is 2.35. The Morgan fingerprint density at radius 3 is 2.80 bits per heavy atom. The van der Waals surface area contributed by atoms with Crippen molar-refractivity contribution in [1.82, 2.24) is 4.57 Å². The molecule has 0 radical (unpaired) electrons. The topological polar surface area (TPSA) is 42.2 Å². The highest BCUT2D eigenvalue weighted by Crippen LogP contribution is 2.33. The summed E-state index contributed by atoms with van der Waals surface area (Å²) in [5.74, 6) is 0.0968. The van der Waals surface area contributed by atoms with E-state index in [9.17, 15) is 4.79 Å². The summed E-state index contributed by atoms with van der Waals surface area (Å²) >= 11 is 0. The van der Waals surface area contributed by atoms with Gasteiger partial charge in [0.05, 0.1) is 6.42 Å². The lowest BCUT2D eigenvalue weighted by molar-refractivity contribution is -0.137. The van der Waals surface area contributed by atoms with Gasteiger partial charge in [-0.25, -0.2) is 0 Å². The molecule has 3 rings (SSSR count). The molecule has 1 atom stereocenters. The van der Waals surface area contributed by atoms with Crippen LogP contribution in [0.15, 0.2) is 30.3 Å². The second-order valence-corrected chi connectivity index (χ2v) is 6.03. The van der Waals surface area contributed by atoms with Crippen molar-refractivity contribution in [2.75, 3.05) is 0 Å². The molecule has 0 aliphatic heterocycles. The van der Waals surface area contributed by atoms with Crippen LogP contribution < -0.4 is 0 Å². The quantitative estimate of drug-likeness (QED) is 0.892. The van der Waals surface area contributed by atoms with Gasteiger partial charge >= 0.3 is 5.97 Å². The van der Waals surface area contributed by atoms with Crippen LogP contribution in [-0.2, 0) is 11.3 Å². The zero-order valence-corrected chi connectivity index (χ0v) is 11.9. The van der Waals surface area contributed by atoms with Crippen molar-refractivity contribution in [1.29, 1.82) is 0 Å². The van der Waals surface area contributed by atoms with E-state index in [0.29, 0.717) is 0 Å². The lowest BCUT2D eigenvalue weighted by Crippen LogP contribution is -2.20. The monoisotopic (exact) mass is 271 g/mol. The van der Waals surface area contributed by atoms with Gasteiger partial charge in [-0.05, 0) is 36.3 Å². The third-order valence-corrected chi connectivity index (χ3v) is 4.49. The van der Waals surface area contributed by atoms with Gasteiger partial charge in [-0.15, -0.1) is 0 Å². The average molecular weight is 271 g/mol. The van der Waals surface area contributed by atoms with Gasteiger partial charge in [-0.2, -0.15) is 0 Å². The first-order chi connectivity index (χ1) is 9.65. The highest BCUT2D eigenvalue weighted by molar-refractivity contribution is 5.81. The molecule has 1 N–H and O–H groups in total. The third kappa shape index (κ3) is 2.45. The largest absolute Gasteiger partial charge is 0.481 e. The number of fused-ring (bicyclic) bond motifs is 1. The number of hydrogen-bond donors (Lipinski definition) is 1. The Balaban J connectivity index is 1.99. The van der Waals surface area contributed by atoms with Crippen LogP contribution in [0, 0.1) is 5.92 Å². The molecule has 1 aromatic carbocycles. The number of carboxylic acids is 1. The molecule has 3 heteroatoms. The van der Waals surface area contributed by atoms with Gasteiger partial charge in [0, 0.05) is 23.7 Å². The predicted octanol–water partition coefficient (Wildman–Crippen LogP) is 4.02. The maximum absolute atomic E-state index is 11.0. The molecular formula is C17H21NO2. The summed E-state index contributed by atoms with van der Waals surface area (Å²) in [4.78, 5) is 11.0. The Hall–Kier alpha value is -1.77. The number of benzene rings is 1. The van der Waals surface area contributed by atoms with E-state index in [-0.39, 0.29) is 12.3 Å². The van der Waals surface area contributed by atoms with Crippen LogP contribution >= 0.6 is 0 Å². The van der Waals surface area contributed by atoms with Gasteiger partial charge in [0.25, 0.3) is 0 Å². The number of aromatic nitrogens is 1. The summed E-state index contributed by atoms with van der Waals surface area (Å²) in [6.45, 7) is 3.05. The molecular weight excluding hydrogens is 250 g/mol. The Morgan fingerprint density at radius 2 is 2.15 bits per heavy atom.